The quantitative estimate of drug-likeness (QED) is 0.500. The molecule has 2 aromatic carbocycles. The lowest BCUT2D eigenvalue weighted by molar-refractivity contribution is 0.0932. The minimum atomic E-state index is -0.236. The molecule has 0 unspecified atom stereocenters. The number of benzene rings is 2. The number of hydrogen-bond donors (Lipinski definition) is 2. The Kier molecular flexibility index (Phi) is 5.73. The highest BCUT2D eigenvalue weighted by Gasteiger charge is 2.33. The van der Waals surface area contributed by atoms with Gasteiger partial charge in [-0.2, -0.15) is 4.98 Å². The van der Waals surface area contributed by atoms with E-state index in [1.54, 1.807) is 11.0 Å². The Labute approximate surface area is 210 Å². The number of carbonyl (C=O) groups is 1. The first-order valence-corrected chi connectivity index (χ1v) is 12.2. The average Bonchev–Trinajstić information content (AvgIpc) is 2.79. The van der Waals surface area contributed by atoms with Gasteiger partial charge in [0.2, 0.25) is 11.8 Å². The summed E-state index contributed by atoms with van der Waals surface area (Å²) in [5.74, 6) is 0.405. The summed E-state index contributed by atoms with van der Waals surface area (Å²) >= 11 is 6.55. The Morgan fingerprint density at radius 1 is 1.20 bits per heavy atom. The van der Waals surface area contributed by atoms with Gasteiger partial charge in [0.1, 0.15) is 5.56 Å². The molecule has 8 heteroatoms. The number of carbonyl (C=O) groups excluding carboxylic acids is 1. The second-order valence-electron chi connectivity index (χ2n) is 10.6. The van der Waals surface area contributed by atoms with Gasteiger partial charge in [0.25, 0.3) is 5.91 Å². The van der Waals surface area contributed by atoms with E-state index in [0.29, 0.717) is 22.2 Å². The zero-order valence-electron chi connectivity index (χ0n) is 20.7. The van der Waals surface area contributed by atoms with E-state index < -0.39 is 0 Å². The van der Waals surface area contributed by atoms with Crippen LogP contribution in [-0.4, -0.2) is 29.2 Å². The second kappa shape index (κ2) is 8.50. The van der Waals surface area contributed by atoms with Crippen LogP contribution in [-0.2, 0) is 17.4 Å². The lowest BCUT2D eigenvalue weighted by atomic mass is 9.85. The molecule has 0 radical (unpaired) electrons. The zero-order valence-corrected chi connectivity index (χ0v) is 21.5. The highest BCUT2D eigenvalue weighted by atomic mass is 35.5. The first-order valence-electron chi connectivity index (χ1n) is 11.8. The van der Waals surface area contributed by atoms with Gasteiger partial charge in [0.15, 0.2) is 6.73 Å². The zero-order chi connectivity index (χ0) is 25.0. The monoisotopic (exact) mass is 491 g/mol. The van der Waals surface area contributed by atoms with E-state index in [2.05, 4.69) is 67.4 Å². The van der Waals surface area contributed by atoms with Crippen LogP contribution >= 0.6 is 11.6 Å². The van der Waals surface area contributed by atoms with E-state index in [4.69, 9.17) is 16.3 Å². The van der Waals surface area contributed by atoms with E-state index >= 15 is 0 Å². The Bertz CT molecular complexity index is 1320. The number of amides is 1. The first kappa shape index (κ1) is 23.6. The van der Waals surface area contributed by atoms with Crippen LogP contribution in [0.2, 0.25) is 5.02 Å². The summed E-state index contributed by atoms with van der Waals surface area (Å²) in [4.78, 5) is 23.9. The molecule has 0 bridgehead atoms. The summed E-state index contributed by atoms with van der Waals surface area (Å²) < 4.78 is 5.93. The molecule has 2 aliphatic rings. The maximum absolute atomic E-state index is 13.4. The third-order valence-corrected chi connectivity index (χ3v) is 6.93. The van der Waals surface area contributed by atoms with Crippen molar-refractivity contribution >= 4 is 34.8 Å². The molecule has 0 spiro atoms. The van der Waals surface area contributed by atoms with Gasteiger partial charge >= 0.3 is 0 Å². The van der Waals surface area contributed by atoms with Gasteiger partial charge in [0, 0.05) is 17.4 Å². The van der Waals surface area contributed by atoms with Crippen molar-refractivity contribution < 1.29 is 9.53 Å². The minimum Gasteiger partial charge on any atom is -0.455 e. The molecule has 0 aliphatic carbocycles. The largest absolute Gasteiger partial charge is 0.455 e. The number of rotatable bonds is 3. The first-order chi connectivity index (χ1) is 16.5. The van der Waals surface area contributed by atoms with Crippen molar-refractivity contribution in [3.63, 3.8) is 0 Å². The lowest BCUT2D eigenvalue weighted by Gasteiger charge is -2.34. The molecule has 2 N–H and O–H groups in total. The van der Waals surface area contributed by atoms with Gasteiger partial charge in [0.05, 0.1) is 10.7 Å². The summed E-state index contributed by atoms with van der Waals surface area (Å²) in [5.41, 5.74) is 5.17. The van der Waals surface area contributed by atoms with Crippen molar-refractivity contribution in [3.8, 4) is 5.88 Å². The van der Waals surface area contributed by atoms with Gasteiger partial charge in [-0.1, -0.05) is 50.6 Å². The highest BCUT2D eigenvalue weighted by molar-refractivity contribution is 6.34. The van der Waals surface area contributed by atoms with Crippen LogP contribution in [0.3, 0.4) is 0 Å². The third-order valence-electron chi connectivity index (χ3n) is 6.62. The molecule has 35 heavy (non-hydrogen) atoms. The lowest BCUT2D eigenvalue weighted by Crippen LogP contribution is -2.42. The standard InChI is InChI=1S/C27H30ClN5O2/c1-26(2,3)20-7-6-8-21(28)22(20)33-15-35-23-18(24(33)34)14-29-25(32-23)31-17-9-10-19-16(13-17)11-12-30-27(19,4)5/h6-10,13-14,30H,11-12,15H2,1-5H3,(H,29,31,32). The van der Waals surface area contributed by atoms with Crippen molar-refractivity contribution in [2.45, 2.75) is 52.0 Å². The maximum Gasteiger partial charge on any atom is 0.268 e. The predicted octanol–water partition coefficient (Wildman–Crippen LogP) is 5.55. The number of anilines is 3. The highest BCUT2D eigenvalue weighted by Crippen LogP contribution is 2.40. The fraction of sp³-hybridized carbons (Fsp3) is 0.370. The summed E-state index contributed by atoms with van der Waals surface area (Å²) in [6.45, 7) is 11.6. The molecular formula is C27H30ClN5O2. The van der Waals surface area contributed by atoms with Gasteiger partial charge in [-0.3, -0.25) is 9.69 Å². The fourth-order valence-electron chi connectivity index (χ4n) is 4.80. The van der Waals surface area contributed by atoms with E-state index in [9.17, 15) is 4.79 Å². The van der Waals surface area contributed by atoms with E-state index in [-0.39, 0.29) is 29.5 Å². The Hall–Kier alpha value is -3.16. The van der Waals surface area contributed by atoms with Crippen LogP contribution in [0.4, 0.5) is 17.3 Å². The van der Waals surface area contributed by atoms with Gasteiger partial charge < -0.3 is 15.4 Å². The second-order valence-corrected chi connectivity index (χ2v) is 11.0. The summed E-state index contributed by atoms with van der Waals surface area (Å²) in [7, 11) is 0. The molecule has 182 valence electrons. The molecule has 0 atom stereocenters. The van der Waals surface area contributed by atoms with Crippen LogP contribution in [0.15, 0.2) is 42.6 Å². The fourth-order valence-corrected chi connectivity index (χ4v) is 5.07. The molecule has 3 aromatic rings. The number of fused-ring (bicyclic) bond motifs is 2. The average molecular weight is 492 g/mol. The number of ether oxygens (including phenoxy) is 1. The van der Waals surface area contributed by atoms with E-state index in [0.717, 1.165) is 24.2 Å². The molecule has 5 rings (SSSR count). The molecular weight excluding hydrogens is 462 g/mol. The van der Waals surface area contributed by atoms with Crippen molar-refractivity contribution in [3.05, 3.63) is 69.9 Å². The smallest absolute Gasteiger partial charge is 0.268 e. The third kappa shape index (κ3) is 4.34. The predicted molar refractivity (Wildman–Crippen MR) is 139 cm³/mol. The van der Waals surface area contributed by atoms with Gasteiger partial charge in [-0.25, -0.2) is 4.98 Å². The van der Waals surface area contributed by atoms with Crippen molar-refractivity contribution in [1.82, 2.24) is 15.3 Å². The van der Waals surface area contributed by atoms with Crippen molar-refractivity contribution in [2.24, 2.45) is 0 Å². The SMILES string of the molecule is CC(C)(C)c1cccc(Cl)c1N1COc2nc(Nc3ccc4c(c3)CCNC4(C)C)ncc2C1=O. The van der Waals surface area contributed by atoms with Crippen LogP contribution in [0, 0.1) is 0 Å². The van der Waals surface area contributed by atoms with Crippen LogP contribution in [0.25, 0.3) is 0 Å². The van der Waals surface area contributed by atoms with E-state index in [1.807, 2.05) is 18.2 Å². The molecule has 0 fully saturated rings. The molecule has 1 amide bonds. The molecule has 2 aliphatic heterocycles. The number of hydrogen-bond acceptors (Lipinski definition) is 6. The number of halogens is 1. The molecule has 7 nitrogen and oxygen atoms in total. The Morgan fingerprint density at radius 2 is 2.00 bits per heavy atom. The molecule has 1 aromatic heterocycles. The number of nitrogens with zero attached hydrogens (tertiary/aromatic N) is 3. The van der Waals surface area contributed by atoms with E-state index in [1.165, 1.54) is 17.3 Å². The maximum atomic E-state index is 13.4. The van der Waals surface area contributed by atoms with Crippen LogP contribution in [0.5, 0.6) is 5.88 Å². The topological polar surface area (TPSA) is 79.4 Å². The molecule has 0 saturated carbocycles. The van der Waals surface area contributed by atoms with Gasteiger partial charge in [-0.15, -0.1) is 0 Å². The normalized spacial score (nSPS) is 16.9. The number of para-hydroxylation sites is 1. The molecule has 3 heterocycles. The Balaban J connectivity index is 1.41. The number of nitrogens with one attached hydrogen (secondary N) is 2. The minimum absolute atomic E-state index is 0.0238. The van der Waals surface area contributed by atoms with Crippen LogP contribution < -0.4 is 20.3 Å². The van der Waals surface area contributed by atoms with Crippen molar-refractivity contribution in [2.75, 3.05) is 23.5 Å². The van der Waals surface area contributed by atoms with Crippen LogP contribution in [0.1, 0.15) is 61.7 Å². The summed E-state index contributed by atoms with van der Waals surface area (Å²) in [5, 5.41) is 7.31. The summed E-state index contributed by atoms with van der Waals surface area (Å²) in [6, 6.07) is 12.0. The summed E-state index contributed by atoms with van der Waals surface area (Å²) in [6.07, 6.45) is 2.48. The van der Waals surface area contributed by atoms with Gasteiger partial charge in [-0.05, 0) is 67.1 Å². The number of aromatic nitrogens is 2. The Morgan fingerprint density at radius 3 is 2.77 bits per heavy atom. The van der Waals surface area contributed by atoms with Crippen molar-refractivity contribution in [1.29, 1.82) is 0 Å². The molecule has 0 saturated heterocycles.